The van der Waals surface area contributed by atoms with Crippen molar-refractivity contribution in [1.82, 2.24) is 15.3 Å². The summed E-state index contributed by atoms with van der Waals surface area (Å²) in [6.07, 6.45) is -2.56. The van der Waals surface area contributed by atoms with E-state index in [2.05, 4.69) is 15.3 Å². The summed E-state index contributed by atoms with van der Waals surface area (Å²) in [4.78, 5) is 19.9. The van der Waals surface area contributed by atoms with E-state index in [1.807, 2.05) is 0 Å². The van der Waals surface area contributed by atoms with Crippen LogP contribution in [0.1, 0.15) is 25.0 Å². The maximum absolute atomic E-state index is 13.4. The molecule has 2 aliphatic rings. The number of alkyl halides is 3. The Morgan fingerprint density at radius 3 is 2.81 bits per heavy atom. The molecule has 2 aromatic rings. The number of benzene rings is 1. The number of nitrogens with one attached hydrogen (secondary N) is 1. The van der Waals surface area contributed by atoms with Gasteiger partial charge >= 0.3 is 6.18 Å². The molecule has 31 heavy (non-hydrogen) atoms. The molecule has 0 spiro atoms. The zero-order chi connectivity index (χ0) is 21.8. The van der Waals surface area contributed by atoms with Crippen LogP contribution >= 0.6 is 11.8 Å². The Hall–Kier alpha value is -2.53. The van der Waals surface area contributed by atoms with Crippen LogP contribution in [-0.2, 0) is 15.7 Å². The molecule has 166 valence electrons. The highest BCUT2D eigenvalue weighted by atomic mass is 32.2. The smallest absolute Gasteiger partial charge is 0.433 e. The highest BCUT2D eigenvalue weighted by Crippen LogP contribution is 2.37. The molecule has 0 radical (unpaired) electrons. The van der Waals surface area contributed by atoms with Crippen molar-refractivity contribution in [3.8, 4) is 22.8 Å². The molecule has 1 aromatic heterocycles. The third kappa shape index (κ3) is 5.59. The molecule has 11 heteroatoms. The van der Waals surface area contributed by atoms with E-state index >= 15 is 0 Å². The van der Waals surface area contributed by atoms with Gasteiger partial charge < -0.3 is 19.5 Å². The number of nitrogens with zero attached hydrogens (tertiary/aromatic N) is 2. The minimum absolute atomic E-state index is 0.0349. The number of fused-ring (bicyclic) bond motifs is 1. The zero-order valence-corrected chi connectivity index (χ0v) is 17.2. The van der Waals surface area contributed by atoms with Gasteiger partial charge in [0.2, 0.25) is 12.7 Å². The van der Waals surface area contributed by atoms with Crippen LogP contribution in [-0.4, -0.2) is 47.7 Å². The van der Waals surface area contributed by atoms with E-state index in [9.17, 15) is 18.0 Å². The molecule has 1 aromatic carbocycles. The van der Waals surface area contributed by atoms with Gasteiger partial charge in [-0.15, -0.1) is 0 Å². The van der Waals surface area contributed by atoms with E-state index in [4.69, 9.17) is 14.2 Å². The molecule has 1 amide bonds. The van der Waals surface area contributed by atoms with Gasteiger partial charge in [0.25, 0.3) is 0 Å². The van der Waals surface area contributed by atoms with Crippen LogP contribution in [0, 0.1) is 0 Å². The van der Waals surface area contributed by atoms with Crippen LogP contribution < -0.4 is 14.8 Å². The molecule has 0 aliphatic carbocycles. The summed E-state index contributed by atoms with van der Waals surface area (Å²) in [5.41, 5.74) is -0.472. The number of rotatable bonds is 7. The van der Waals surface area contributed by atoms with E-state index in [1.54, 1.807) is 18.2 Å². The van der Waals surface area contributed by atoms with Crippen LogP contribution in [0.5, 0.6) is 11.5 Å². The Balaban J connectivity index is 1.43. The van der Waals surface area contributed by atoms with E-state index in [-0.39, 0.29) is 41.8 Å². The predicted molar refractivity (Wildman–Crippen MR) is 106 cm³/mol. The summed E-state index contributed by atoms with van der Waals surface area (Å²) in [7, 11) is 0. The first-order valence-corrected chi connectivity index (χ1v) is 10.7. The molecule has 7 nitrogen and oxygen atoms in total. The summed E-state index contributed by atoms with van der Waals surface area (Å²) >= 11 is 1.00. The summed E-state index contributed by atoms with van der Waals surface area (Å²) in [6.45, 7) is 1.21. The average molecular weight is 455 g/mol. The SMILES string of the molecule is O=C(CCSc1nc(-c2ccc3c(c2)OCO3)cc(C(F)(F)F)n1)NC[C@@H]1CCCO1. The van der Waals surface area contributed by atoms with Gasteiger partial charge in [-0.3, -0.25) is 4.79 Å². The van der Waals surface area contributed by atoms with Crippen LogP contribution in [0.3, 0.4) is 0 Å². The topological polar surface area (TPSA) is 82.6 Å². The first-order valence-electron chi connectivity index (χ1n) is 9.76. The lowest BCUT2D eigenvalue weighted by Gasteiger charge is -2.12. The number of amides is 1. The maximum Gasteiger partial charge on any atom is 0.433 e. The number of carbonyl (C=O) groups excluding carboxylic acids is 1. The second-order valence-corrected chi connectivity index (χ2v) is 8.09. The van der Waals surface area contributed by atoms with Crippen LogP contribution in [0.4, 0.5) is 13.2 Å². The Labute approximate surface area is 180 Å². The number of aromatic nitrogens is 2. The van der Waals surface area contributed by atoms with Gasteiger partial charge in [0.05, 0.1) is 11.8 Å². The lowest BCUT2D eigenvalue weighted by atomic mass is 10.1. The van der Waals surface area contributed by atoms with Gasteiger partial charge in [0.1, 0.15) is 5.69 Å². The van der Waals surface area contributed by atoms with Crippen molar-refractivity contribution in [3.63, 3.8) is 0 Å². The third-order valence-corrected chi connectivity index (χ3v) is 5.62. The molecule has 1 atom stereocenters. The van der Waals surface area contributed by atoms with Crippen molar-refractivity contribution in [2.24, 2.45) is 0 Å². The summed E-state index contributed by atoms with van der Waals surface area (Å²) < 4.78 is 56.1. The van der Waals surface area contributed by atoms with Crippen molar-refractivity contribution in [2.45, 2.75) is 36.7 Å². The fraction of sp³-hybridized carbons (Fsp3) is 0.450. The Bertz CT molecular complexity index is 952. The molecular formula is C20H20F3N3O4S. The van der Waals surface area contributed by atoms with Crippen molar-refractivity contribution in [1.29, 1.82) is 0 Å². The zero-order valence-electron chi connectivity index (χ0n) is 16.4. The maximum atomic E-state index is 13.4. The number of halogens is 3. The van der Waals surface area contributed by atoms with Gasteiger partial charge in [-0.25, -0.2) is 9.97 Å². The second-order valence-electron chi connectivity index (χ2n) is 7.02. The highest BCUT2D eigenvalue weighted by molar-refractivity contribution is 7.99. The molecule has 4 rings (SSSR count). The van der Waals surface area contributed by atoms with Gasteiger partial charge in [-0.1, -0.05) is 11.8 Å². The predicted octanol–water partition coefficient (Wildman–Crippen LogP) is 3.67. The normalized spacial score (nSPS) is 17.7. The van der Waals surface area contributed by atoms with Crippen molar-refractivity contribution in [2.75, 3.05) is 25.7 Å². The van der Waals surface area contributed by atoms with E-state index in [0.29, 0.717) is 30.2 Å². The van der Waals surface area contributed by atoms with Crippen LogP contribution in [0.15, 0.2) is 29.4 Å². The molecule has 0 bridgehead atoms. The number of hydrogen-bond acceptors (Lipinski definition) is 7. The van der Waals surface area contributed by atoms with Crippen molar-refractivity contribution < 1.29 is 32.2 Å². The summed E-state index contributed by atoms with van der Waals surface area (Å²) in [6, 6.07) is 5.72. The van der Waals surface area contributed by atoms with E-state index in [0.717, 1.165) is 30.7 Å². The van der Waals surface area contributed by atoms with Crippen LogP contribution in [0.2, 0.25) is 0 Å². The van der Waals surface area contributed by atoms with E-state index < -0.39 is 11.9 Å². The standard InChI is InChI=1S/C20H20F3N3O4S/c21-20(22,23)17-9-14(12-3-4-15-16(8-12)30-11-29-15)25-19(26-17)31-7-5-18(27)24-10-13-2-1-6-28-13/h3-4,8-9,13H,1-2,5-7,10-11H2,(H,24,27)/t13-/m0/s1. The molecule has 0 unspecified atom stereocenters. The molecule has 3 heterocycles. The number of carbonyl (C=O) groups is 1. The lowest BCUT2D eigenvalue weighted by Crippen LogP contribution is -2.31. The Morgan fingerprint density at radius 2 is 2.03 bits per heavy atom. The first-order chi connectivity index (χ1) is 14.9. The van der Waals surface area contributed by atoms with Crippen LogP contribution in [0.25, 0.3) is 11.3 Å². The van der Waals surface area contributed by atoms with Gasteiger partial charge in [-0.05, 0) is 37.1 Å². The minimum atomic E-state index is -4.62. The fourth-order valence-electron chi connectivity index (χ4n) is 3.20. The number of thioether (sulfide) groups is 1. The lowest BCUT2D eigenvalue weighted by molar-refractivity contribution is -0.141. The largest absolute Gasteiger partial charge is 0.454 e. The Morgan fingerprint density at radius 1 is 1.19 bits per heavy atom. The van der Waals surface area contributed by atoms with Gasteiger partial charge in [0, 0.05) is 30.9 Å². The second kappa shape index (κ2) is 9.31. The fourth-order valence-corrected chi connectivity index (χ4v) is 3.99. The average Bonchev–Trinajstić information content (AvgIpc) is 3.42. The van der Waals surface area contributed by atoms with Crippen molar-refractivity contribution in [3.05, 3.63) is 30.0 Å². The van der Waals surface area contributed by atoms with Crippen molar-refractivity contribution >= 4 is 17.7 Å². The quantitative estimate of drug-likeness (QED) is 0.504. The Kier molecular flexibility index (Phi) is 6.51. The van der Waals surface area contributed by atoms with E-state index in [1.165, 1.54) is 0 Å². The molecule has 1 fully saturated rings. The first kappa shape index (κ1) is 21.7. The highest BCUT2D eigenvalue weighted by Gasteiger charge is 2.34. The third-order valence-electron chi connectivity index (χ3n) is 4.78. The monoisotopic (exact) mass is 455 g/mol. The molecule has 0 saturated carbocycles. The molecule has 1 N–H and O–H groups in total. The number of ether oxygens (including phenoxy) is 3. The van der Waals surface area contributed by atoms with Gasteiger partial charge in [-0.2, -0.15) is 13.2 Å². The number of hydrogen-bond donors (Lipinski definition) is 1. The molecular weight excluding hydrogens is 435 g/mol. The molecule has 1 saturated heterocycles. The summed E-state index contributed by atoms with van der Waals surface area (Å²) in [5.74, 6) is 1.03. The summed E-state index contributed by atoms with van der Waals surface area (Å²) in [5, 5.41) is 2.74. The minimum Gasteiger partial charge on any atom is -0.454 e. The van der Waals surface area contributed by atoms with Gasteiger partial charge in [0.15, 0.2) is 16.7 Å². The molecule has 2 aliphatic heterocycles.